The predicted octanol–water partition coefficient (Wildman–Crippen LogP) is 2.07. The highest BCUT2D eigenvalue weighted by atomic mass is 35.5. The summed E-state index contributed by atoms with van der Waals surface area (Å²) in [5.41, 5.74) is 2.95. The van der Waals surface area contributed by atoms with Crippen LogP contribution >= 0.6 is 12.4 Å². The van der Waals surface area contributed by atoms with Gasteiger partial charge in [-0.05, 0) is 37.6 Å². The first-order chi connectivity index (χ1) is 9.20. The molecule has 0 aliphatic carbocycles. The Morgan fingerprint density at radius 1 is 1.45 bits per heavy atom. The van der Waals surface area contributed by atoms with Crippen molar-refractivity contribution < 1.29 is 9.53 Å². The topological polar surface area (TPSA) is 50.4 Å². The van der Waals surface area contributed by atoms with Gasteiger partial charge in [0.2, 0.25) is 0 Å². The molecule has 0 saturated carbocycles. The lowest BCUT2D eigenvalue weighted by Crippen LogP contribution is -2.29. The number of hydrogen-bond donors (Lipinski definition) is 2. The summed E-state index contributed by atoms with van der Waals surface area (Å²) in [7, 11) is 1.61. The van der Waals surface area contributed by atoms with Gasteiger partial charge in [0.15, 0.2) is 0 Å². The molecule has 110 valence electrons. The lowest BCUT2D eigenvalue weighted by atomic mass is 10.1. The van der Waals surface area contributed by atoms with E-state index in [1.165, 1.54) is 5.57 Å². The lowest BCUT2D eigenvalue weighted by Gasteiger charge is -2.15. The van der Waals surface area contributed by atoms with Gasteiger partial charge in [-0.25, -0.2) is 0 Å². The number of amides is 1. The third-order valence-electron chi connectivity index (χ3n) is 3.30. The number of carbonyl (C=O) groups is 1. The van der Waals surface area contributed by atoms with Gasteiger partial charge in [-0.2, -0.15) is 0 Å². The first-order valence-corrected chi connectivity index (χ1v) is 6.52. The molecule has 1 heterocycles. The molecule has 0 atom stereocenters. The van der Waals surface area contributed by atoms with Crippen LogP contribution in [0.3, 0.4) is 0 Å². The molecule has 4 nitrogen and oxygen atoms in total. The minimum atomic E-state index is -0.0577. The number of nitrogens with one attached hydrogen (secondary N) is 2. The summed E-state index contributed by atoms with van der Waals surface area (Å²) in [6.07, 6.45) is 3.14. The summed E-state index contributed by atoms with van der Waals surface area (Å²) in [6.45, 7) is 4.46. The van der Waals surface area contributed by atoms with Crippen LogP contribution in [0, 0.1) is 6.92 Å². The van der Waals surface area contributed by atoms with Crippen LogP contribution in [-0.4, -0.2) is 32.7 Å². The number of benzene rings is 1. The zero-order valence-electron chi connectivity index (χ0n) is 11.9. The minimum Gasteiger partial charge on any atom is -0.496 e. The van der Waals surface area contributed by atoms with Crippen molar-refractivity contribution in [3.63, 3.8) is 0 Å². The van der Waals surface area contributed by atoms with Gasteiger partial charge in [0.05, 0.1) is 7.11 Å². The average molecular weight is 297 g/mol. The third kappa shape index (κ3) is 4.25. The summed E-state index contributed by atoms with van der Waals surface area (Å²) in [5.74, 6) is 0.687. The maximum atomic E-state index is 12.1. The highest BCUT2D eigenvalue weighted by molar-refractivity contribution is 5.94. The first kappa shape index (κ1) is 16.5. The molecule has 2 rings (SSSR count). The van der Waals surface area contributed by atoms with Gasteiger partial charge in [-0.1, -0.05) is 17.7 Å². The van der Waals surface area contributed by atoms with Crippen LogP contribution in [-0.2, 0) is 0 Å². The van der Waals surface area contributed by atoms with E-state index in [0.29, 0.717) is 12.1 Å². The van der Waals surface area contributed by atoms with E-state index in [4.69, 9.17) is 4.74 Å². The van der Waals surface area contributed by atoms with E-state index in [2.05, 4.69) is 16.7 Å². The molecule has 0 aromatic heterocycles. The largest absolute Gasteiger partial charge is 0.496 e. The number of methoxy groups -OCH3 is 1. The Hall–Kier alpha value is -1.52. The van der Waals surface area contributed by atoms with Crippen molar-refractivity contribution in [2.75, 3.05) is 26.7 Å². The zero-order valence-corrected chi connectivity index (χ0v) is 12.7. The molecule has 0 unspecified atom stereocenters. The van der Waals surface area contributed by atoms with Gasteiger partial charge in [0.25, 0.3) is 5.91 Å². The quantitative estimate of drug-likeness (QED) is 0.837. The molecule has 0 saturated heterocycles. The Labute approximate surface area is 126 Å². The van der Waals surface area contributed by atoms with Gasteiger partial charge >= 0.3 is 0 Å². The van der Waals surface area contributed by atoms with E-state index in [0.717, 1.165) is 30.8 Å². The van der Waals surface area contributed by atoms with Crippen molar-refractivity contribution in [3.8, 4) is 5.75 Å². The number of halogens is 1. The molecule has 0 radical (unpaired) electrons. The molecule has 1 amide bonds. The molecule has 0 bridgehead atoms. The first-order valence-electron chi connectivity index (χ1n) is 6.52. The van der Waals surface area contributed by atoms with E-state index in [9.17, 15) is 4.79 Å². The van der Waals surface area contributed by atoms with Crippen LogP contribution in [0.4, 0.5) is 0 Å². The second kappa shape index (κ2) is 7.92. The molecule has 1 aliphatic rings. The number of carbonyl (C=O) groups excluding carboxylic acids is 1. The van der Waals surface area contributed by atoms with Crippen LogP contribution < -0.4 is 15.4 Å². The van der Waals surface area contributed by atoms with Gasteiger partial charge in [-0.15, -0.1) is 12.4 Å². The lowest BCUT2D eigenvalue weighted by molar-refractivity contribution is 0.0956. The van der Waals surface area contributed by atoms with Crippen LogP contribution in [0.15, 0.2) is 29.8 Å². The number of hydrogen-bond acceptors (Lipinski definition) is 3. The summed E-state index contributed by atoms with van der Waals surface area (Å²) >= 11 is 0. The highest BCUT2D eigenvalue weighted by Gasteiger charge is 2.09. The van der Waals surface area contributed by atoms with Crippen molar-refractivity contribution in [1.29, 1.82) is 0 Å². The number of rotatable bonds is 4. The molecular weight excluding hydrogens is 276 g/mol. The fourth-order valence-corrected chi connectivity index (χ4v) is 2.09. The Kier molecular flexibility index (Phi) is 6.55. The molecule has 0 fully saturated rings. The predicted molar refractivity (Wildman–Crippen MR) is 82.9 cm³/mol. The van der Waals surface area contributed by atoms with Crippen LogP contribution in [0.1, 0.15) is 22.3 Å². The zero-order chi connectivity index (χ0) is 13.7. The Bertz CT molecular complexity index is 501. The maximum absolute atomic E-state index is 12.1. The number of aryl methyl sites for hydroxylation is 1. The van der Waals surface area contributed by atoms with E-state index in [1.54, 1.807) is 13.2 Å². The Morgan fingerprint density at radius 2 is 2.25 bits per heavy atom. The Morgan fingerprint density at radius 3 is 2.90 bits per heavy atom. The van der Waals surface area contributed by atoms with E-state index >= 15 is 0 Å². The SMILES string of the molecule is COc1cc(C(=O)NCC2=CCNCC2)ccc1C.Cl. The molecule has 5 heteroatoms. The summed E-state index contributed by atoms with van der Waals surface area (Å²) in [4.78, 5) is 12.1. The fourth-order valence-electron chi connectivity index (χ4n) is 2.09. The van der Waals surface area contributed by atoms with Crippen LogP contribution in [0.25, 0.3) is 0 Å². The normalized spacial score (nSPS) is 14.0. The van der Waals surface area contributed by atoms with Gasteiger partial charge in [-0.3, -0.25) is 4.79 Å². The molecule has 1 aromatic carbocycles. The van der Waals surface area contributed by atoms with E-state index < -0.39 is 0 Å². The summed E-state index contributed by atoms with van der Waals surface area (Å²) in [5, 5.41) is 6.20. The molecule has 1 aliphatic heterocycles. The minimum absolute atomic E-state index is 0. The molecule has 0 spiro atoms. The van der Waals surface area contributed by atoms with Crippen molar-refractivity contribution >= 4 is 18.3 Å². The second-order valence-electron chi connectivity index (χ2n) is 4.68. The fraction of sp³-hybridized carbons (Fsp3) is 0.400. The van der Waals surface area contributed by atoms with Crippen molar-refractivity contribution in [3.05, 3.63) is 41.0 Å². The molecule has 2 N–H and O–H groups in total. The van der Waals surface area contributed by atoms with Crippen molar-refractivity contribution in [2.24, 2.45) is 0 Å². The van der Waals surface area contributed by atoms with Gasteiger partial charge in [0, 0.05) is 18.7 Å². The molecule has 20 heavy (non-hydrogen) atoms. The summed E-state index contributed by atoms with van der Waals surface area (Å²) in [6, 6.07) is 5.50. The smallest absolute Gasteiger partial charge is 0.251 e. The third-order valence-corrected chi connectivity index (χ3v) is 3.30. The monoisotopic (exact) mass is 296 g/mol. The van der Waals surface area contributed by atoms with Crippen LogP contribution in [0.2, 0.25) is 0 Å². The van der Waals surface area contributed by atoms with Crippen LogP contribution in [0.5, 0.6) is 5.75 Å². The van der Waals surface area contributed by atoms with Crippen molar-refractivity contribution in [1.82, 2.24) is 10.6 Å². The van der Waals surface area contributed by atoms with E-state index in [-0.39, 0.29) is 18.3 Å². The van der Waals surface area contributed by atoms with Crippen molar-refractivity contribution in [2.45, 2.75) is 13.3 Å². The van der Waals surface area contributed by atoms with Gasteiger partial charge in [0.1, 0.15) is 5.75 Å². The maximum Gasteiger partial charge on any atom is 0.251 e. The average Bonchev–Trinajstić information content (AvgIpc) is 2.46. The second-order valence-corrected chi connectivity index (χ2v) is 4.68. The van der Waals surface area contributed by atoms with Gasteiger partial charge < -0.3 is 15.4 Å². The Balaban J connectivity index is 0.00000200. The highest BCUT2D eigenvalue weighted by Crippen LogP contribution is 2.18. The van der Waals surface area contributed by atoms with E-state index in [1.807, 2.05) is 19.1 Å². The molecule has 1 aromatic rings. The number of ether oxygens (including phenoxy) is 1. The summed E-state index contributed by atoms with van der Waals surface area (Å²) < 4.78 is 5.23. The molecular formula is C15H21ClN2O2. The standard InChI is InChI=1S/C15H20N2O2.ClH/c1-11-3-4-13(9-14(11)19-2)15(18)17-10-12-5-7-16-8-6-12;/h3-5,9,16H,6-8,10H2,1-2H3,(H,17,18);1H.